The van der Waals surface area contributed by atoms with Crippen molar-refractivity contribution in [2.24, 2.45) is 0 Å². The molecule has 0 fully saturated rings. The first kappa shape index (κ1) is 34.6. The third kappa shape index (κ3) is 5.16. The van der Waals surface area contributed by atoms with E-state index in [1.165, 1.54) is 96.5 Å². The number of aromatic nitrogens is 3. The van der Waals surface area contributed by atoms with Gasteiger partial charge in [-0.1, -0.05) is 158 Å². The van der Waals surface area contributed by atoms with Crippen molar-refractivity contribution >= 4 is 102 Å². The molecule has 0 saturated carbocycles. The van der Waals surface area contributed by atoms with Crippen LogP contribution in [-0.2, 0) is 0 Å². The first-order valence-electron chi connectivity index (χ1n) is 21.5. The van der Waals surface area contributed by atoms with E-state index in [-0.39, 0.29) is 0 Å². The van der Waals surface area contributed by atoms with Gasteiger partial charge in [0.1, 0.15) is 0 Å². The summed E-state index contributed by atoms with van der Waals surface area (Å²) in [4.78, 5) is 5.55. The lowest BCUT2D eigenvalue weighted by molar-refractivity contribution is 1.18. The summed E-state index contributed by atoms with van der Waals surface area (Å²) in [6, 6.07) is 77.9. The van der Waals surface area contributed by atoms with Gasteiger partial charge in [-0.05, 0) is 109 Å². The molecule has 0 radical (unpaired) electrons. The van der Waals surface area contributed by atoms with E-state index < -0.39 is 0 Å². The van der Waals surface area contributed by atoms with Crippen LogP contribution in [0.1, 0.15) is 0 Å². The first-order valence-corrected chi connectivity index (χ1v) is 22.3. The van der Waals surface area contributed by atoms with Crippen molar-refractivity contribution < 1.29 is 0 Å². The summed E-state index contributed by atoms with van der Waals surface area (Å²) < 4.78 is 7.27. The van der Waals surface area contributed by atoms with Gasteiger partial charge < -0.3 is 4.57 Å². The Morgan fingerprint density at radius 1 is 0.349 bits per heavy atom. The Hall–Kier alpha value is -8.05. The molecule has 0 atom stereocenters. The van der Waals surface area contributed by atoms with Crippen LogP contribution in [0.4, 0.5) is 0 Å². The van der Waals surface area contributed by atoms with Crippen molar-refractivity contribution in [3.05, 3.63) is 212 Å². The van der Waals surface area contributed by atoms with Gasteiger partial charge >= 0.3 is 0 Å². The fourth-order valence-electron chi connectivity index (χ4n) is 10.3. The monoisotopic (exact) mass is 817 g/mol. The Kier molecular flexibility index (Phi) is 7.27. The Labute approximate surface area is 366 Å². The Morgan fingerprint density at radius 2 is 0.952 bits per heavy atom. The largest absolute Gasteiger partial charge is 0.309 e. The third-order valence-electron chi connectivity index (χ3n) is 13.3. The van der Waals surface area contributed by atoms with Crippen LogP contribution in [-0.4, -0.2) is 14.0 Å². The number of pyridine rings is 1. The number of para-hydroxylation sites is 2. The van der Waals surface area contributed by atoms with Gasteiger partial charge in [-0.3, -0.25) is 4.40 Å². The van der Waals surface area contributed by atoms with E-state index in [1.54, 1.807) is 0 Å². The van der Waals surface area contributed by atoms with Crippen molar-refractivity contribution in [3.63, 3.8) is 0 Å². The van der Waals surface area contributed by atoms with E-state index in [1.807, 2.05) is 11.3 Å². The molecule has 0 saturated heterocycles. The van der Waals surface area contributed by atoms with Gasteiger partial charge in [0.2, 0.25) is 0 Å². The number of benzene rings is 10. The van der Waals surface area contributed by atoms with Gasteiger partial charge in [0.05, 0.1) is 32.5 Å². The summed E-state index contributed by atoms with van der Waals surface area (Å²) in [5.41, 5.74) is 13.8. The van der Waals surface area contributed by atoms with E-state index in [4.69, 9.17) is 4.98 Å². The number of imidazole rings is 1. The van der Waals surface area contributed by atoms with Crippen LogP contribution in [0, 0.1) is 0 Å². The van der Waals surface area contributed by atoms with Crippen LogP contribution in [0.2, 0.25) is 0 Å². The number of thiophene rings is 1. The molecule has 14 rings (SSSR count). The van der Waals surface area contributed by atoms with Gasteiger partial charge in [0, 0.05) is 37.3 Å². The Balaban J connectivity index is 0.891. The second-order valence-electron chi connectivity index (χ2n) is 16.7. The quantitative estimate of drug-likeness (QED) is 0.162. The molecular weight excluding hydrogens is 783 g/mol. The van der Waals surface area contributed by atoms with E-state index in [2.05, 4.69) is 221 Å². The summed E-state index contributed by atoms with van der Waals surface area (Å²) in [7, 11) is 0. The molecule has 0 spiro atoms. The molecule has 4 heteroatoms. The molecular formula is C59H35N3S. The molecule has 0 aliphatic rings. The van der Waals surface area contributed by atoms with Gasteiger partial charge in [-0.2, -0.15) is 0 Å². The summed E-state index contributed by atoms with van der Waals surface area (Å²) >= 11 is 1.85. The minimum absolute atomic E-state index is 1.00. The summed E-state index contributed by atoms with van der Waals surface area (Å²) in [5, 5.41) is 12.5. The molecule has 0 aliphatic carbocycles. The summed E-state index contributed by atoms with van der Waals surface area (Å²) in [6.45, 7) is 0. The number of rotatable bonds is 4. The molecule has 0 aliphatic heterocycles. The summed E-state index contributed by atoms with van der Waals surface area (Å²) in [6.07, 6.45) is 0. The normalized spacial score (nSPS) is 12.1. The Morgan fingerprint density at radius 3 is 1.68 bits per heavy atom. The lowest BCUT2D eigenvalue weighted by Gasteiger charge is -2.12. The van der Waals surface area contributed by atoms with Crippen LogP contribution in [0.15, 0.2) is 212 Å². The van der Waals surface area contributed by atoms with Crippen LogP contribution in [0.3, 0.4) is 0 Å². The smallest absolute Gasteiger partial charge is 0.156 e. The molecule has 0 N–H and O–H groups in total. The molecule has 10 aromatic carbocycles. The molecule has 0 bridgehead atoms. The van der Waals surface area contributed by atoms with E-state index in [0.717, 1.165) is 33.6 Å². The van der Waals surface area contributed by atoms with Crippen LogP contribution >= 0.6 is 11.3 Å². The average molecular weight is 818 g/mol. The maximum atomic E-state index is 5.55. The van der Waals surface area contributed by atoms with Crippen LogP contribution in [0.25, 0.3) is 130 Å². The lowest BCUT2D eigenvalue weighted by Crippen LogP contribution is -1.93. The highest BCUT2D eigenvalue weighted by atomic mass is 32.1. The average Bonchev–Trinajstić information content (AvgIpc) is 4.03. The topological polar surface area (TPSA) is 22.2 Å². The molecule has 63 heavy (non-hydrogen) atoms. The molecule has 3 nitrogen and oxygen atoms in total. The minimum atomic E-state index is 1.00. The second-order valence-corrected chi connectivity index (χ2v) is 17.8. The maximum absolute atomic E-state index is 5.55. The zero-order valence-corrected chi connectivity index (χ0v) is 34.8. The second kappa shape index (κ2) is 13.2. The van der Waals surface area contributed by atoms with E-state index in [0.29, 0.717) is 0 Å². The highest BCUT2D eigenvalue weighted by molar-refractivity contribution is 7.26. The molecule has 0 amide bonds. The molecule has 292 valence electrons. The van der Waals surface area contributed by atoms with Crippen molar-refractivity contribution in [2.45, 2.75) is 0 Å². The lowest BCUT2D eigenvalue weighted by atomic mass is 9.97. The summed E-state index contributed by atoms with van der Waals surface area (Å²) in [5.74, 6) is 0. The predicted octanol–water partition coefficient (Wildman–Crippen LogP) is 16.4. The first-order chi connectivity index (χ1) is 31.2. The number of hydrogen-bond acceptors (Lipinski definition) is 2. The fraction of sp³-hybridized carbons (Fsp3) is 0. The number of fused-ring (bicyclic) bond motifs is 15. The maximum Gasteiger partial charge on any atom is 0.156 e. The number of nitrogens with zero attached hydrogens (tertiary/aromatic N) is 3. The van der Waals surface area contributed by atoms with Gasteiger partial charge in [0.25, 0.3) is 0 Å². The SMILES string of the molecule is c1cc(-c2ccc(-c3cc4c5cc6ccccc6cc5sc4c4nc5c6ccc7ccccc7c6ccc5n34)cc2)cc(-c2ccc(-n3c4ccccc4c4ccccc43)cc2)c1. The van der Waals surface area contributed by atoms with Crippen LogP contribution in [0.5, 0.6) is 0 Å². The molecule has 4 heterocycles. The number of hydrogen-bond donors (Lipinski definition) is 0. The Bertz CT molecular complexity index is 4130. The van der Waals surface area contributed by atoms with Crippen molar-refractivity contribution in [1.82, 2.24) is 14.0 Å². The molecule has 0 unspecified atom stereocenters. The van der Waals surface area contributed by atoms with E-state index >= 15 is 0 Å². The zero-order chi connectivity index (χ0) is 41.2. The van der Waals surface area contributed by atoms with Crippen molar-refractivity contribution in [3.8, 4) is 39.2 Å². The van der Waals surface area contributed by atoms with E-state index in [9.17, 15) is 0 Å². The highest BCUT2D eigenvalue weighted by Crippen LogP contribution is 2.44. The minimum Gasteiger partial charge on any atom is -0.309 e. The third-order valence-corrected chi connectivity index (χ3v) is 14.4. The highest BCUT2D eigenvalue weighted by Gasteiger charge is 2.20. The standard InChI is InChI=1S/C59H35N3S/c1-2-12-43-34-56-50(33-42(43)11-1)51-35-55(62-54-31-30-46-45-15-4-3-10-38(45)26-29-49(46)57(54)60-59(62)58(51)63-56)39-22-20-36(21-23-39)40-13-9-14-41(32-40)37-24-27-44(28-25-37)61-52-18-7-5-16-47(52)48-17-6-8-19-53(48)61/h1-35H. The molecule has 4 aromatic heterocycles. The van der Waals surface area contributed by atoms with Gasteiger partial charge in [-0.25, -0.2) is 4.98 Å². The molecule has 14 aromatic rings. The fourth-order valence-corrected chi connectivity index (χ4v) is 11.5. The van der Waals surface area contributed by atoms with Gasteiger partial charge in [-0.15, -0.1) is 11.3 Å². The van der Waals surface area contributed by atoms with Crippen molar-refractivity contribution in [1.29, 1.82) is 0 Å². The van der Waals surface area contributed by atoms with Gasteiger partial charge in [0.15, 0.2) is 5.65 Å². The zero-order valence-electron chi connectivity index (χ0n) is 34.0. The predicted molar refractivity (Wildman–Crippen MR) is 269 cm³/mol. The van der Waals surface area contributed by atoms with Crippen molar-refractivity contribution in [2.75, 3.05) is 0 Å². The van der Waals surface area contributed by atoms with Crippen LogP contribution < -0.4 is 0 Å².